The molecule has 1 fully saturated rings. The molecule has 0 bridgehead atoms. The van der Waals surface area contributed by atoms with Crippen molar-refractivity contribution in [1.29, 1.82) is 0 Å². The van der Waals surface area contributed by atoms with Crippen LogP contribution in [0.1, 0.15) is 24.5 Å². The normalized spacial score (nSPS) is 21.9. The number of aliphatic carboxylic acids is 1. The highest BCUT2D eigenvalue weighted by atomic mass is 16.4. The molecule has 2 rings (SSSR count). The quantitative estimate of drug-likeness (QED) is 0.872. The van der Waals surface area contributed by atoms with E-state index < -0.39 is 12.0 Å². The number of carboxylic acid groups (broad SMARTS) is 1. The molecule has 0 saturated carbocycles. The van der Waals surface area contributed by atoms with Gasteiger partial charge >= 0.3 is 12.0 Å². The third-order valence-electron chi connectivity index (χ3n) is 3.84. The summed E-state index contributed by atoms with van der Waals surface area (Å²) in [5.74, 6) is -0.955. The molecular weight excluding hydrogens is 256 g/mol. The van der Waals surface area contributed by atoms with Gasteiger partial charge in [-0.25, -0.2) is 9.59 Å². The molecule has 2 amide bonds. The van der Waals surface area contributed by atoms with Crippen molar-refractivity contribution in [1.82, 2.24) is 4.90 Å². The second kappa shape index (κ2) is 5.53. The number of aryl methyl sites for hydroxylation is 2. The summed E-state index contributed by atoms with van der Waals surface area (Å²) in [4.78, 5) is 24.9. The molecule has 5 nitrogen and oxygen atoms in total. The number of urea groups is 1. The predicted molar refractivity (Wildman–Crippen MR) is 76.8 cm³/mol. The summed E-state index contributed by atoms with van der Waals surface area (Å²) in [6.45, 7) is 6.25. The molecule has 108 valence electrons. The first-order valence-corrected chi connectivity index (χ1v) is 6.78. The lowest BCUT2D eigenvalue weighted by Gasteiger charge is -2.24. The summed E-state index contributed by atoms with van der Waals surface area (Å²) >= 11 is 0. The van der Waals surface area contributed by atoms with Gasteiger partial charge in [-0.3, -0.25) is 0 Å². The van der Waals surface area contributed by atoms with Gasteiger partial charge in [0.1, 0.15) is 6.04 Å². The Morgan fingerprint density at radius 1 is 1.35 bits per heavy atom. The zero-order valence-corrected chi connectivity index (χ0v) is 12.0. The first kappa shape index (κ1) is 14.4. The van der Waals surface area contributed by atoms with Crippen LogP contribution in [0.3, 0.4) is 0 Å². The zero-order chi connectivity index (χ0) is 14.9. The molecule has 5 heteroatoms. The number of carbonyl (C=O) groups excluding carboxylic acids is 1. The van der Waals surface area contributed by atoms with Gasteiger partial charge < -0.3 is 15.3 Å². The van der Waals surface area contributed by atoms with Crippen LogP contribution in [0.2, 0.25) is 0 Å². The Bertz CT molecular complexity index is 542. The van der Waals surface area contributed by atoms with Gasteiger partial charge in [0.15, 0.2) is 0 Å². The minimum absolute atomic E-state index is 0.0163. The summed E-state index contributed by atoms with van der Waals surface area (Å²) in [7, 11) is 0. The van der Waals surface area contributed by atoms with Crippen LogP contribution >= 0.6 is 0 Å². The number of hydrogen-bond donors (Lipinski definition) is 2. The molecule has 2 unspecified atom stereocenters. The average molecular weight is 276 g/mol. The van der Waals surface area contributed by atoms with Gasteiger partial charge in [0, 0.05) is 12.2 Å². The Morgan fingerprint density at radius 2 is 2.05 bits per heavy atom. The first-order valence-electron chi connectivity index (χ1n) is 6.78. The Kier molecular flexibility index (Phi) is 3.97. The second-order valence-electron chi connectivity index (χ2n) is 5.49. The van der Waals surface area contributed by atoms with E-state index in [0.717, 1.165) is 23.2 Å². The van der Waals surface area contributed by atoms with Crippen molar-refractivity contribution in [3.8, 4) is 0 Å². The van der Waals surface area contributed by atoms with E-state index in [2.05, 4.69) is 5.32 Å². The second-order valence-corrected chi connectivity index (χ2v) is 5.49. The Balaban J connectivity index is 2.14. The monoisotopic (exact) mass is 276 g/mol. The Hall–Kier alpha value is -2.04. The van der Waals surface area contributed by atoms with Crippen molar-refractivity contribution in [2.24, 2.45) is 5.92 Å². The van der Waals surface area contributed by atoms with Crippen molar-refractivity contribution in [3.63, 3.8) is 0 Å². The van der Waals surface area contributed by atoms with Crippen LogP contribution in [0.5, 0.6) is 0 Å². The maximum absolute atomic E-state index is 12.3. The Morgan fingerprint density at radius 3 is 2.65 bits per heavy atom. The largest absolute Gasteiger partial charge is 0.480 e. The van der Waals surface area contributed by atoms with Crippen molar-refractivity contribution in [2.75, 3.05) is 11.9 Å². The molecule has 1 aliphatic heterocycles. The number of likely N-dealkylation sites (tertiary alicyclic amines) is 1. The summed E-state index contributed by atoms with van der Waals surface area (Å²) in [6, 6.07) is 4.67. The van der Waals surface area contributed by atoms with E-state index in [1.165, 1.54) is 4.90 Å². The van der Waals surface area contributed by atoms with E-state index in [1.807, 2.05) is 39.0 Å². The fourth-order valence-corrected chi connectivity index (χ4v) is 2.69. The highest BCUT2D eigenvalue weighted by Crippen LogP contribution is 2.25. The predicted octanol–water partition coefficient (Wildman–Crippen LogP) is 2.63. The number of anilines is 1. The smallest absolute Gasteiger partial charge is 0.326 e. The molecule has 2 atom stereocenters. The van der Waals surface area contributed by atoms with Gasteiger partial charge in [0.2, 0.25) is 0 Å². The van der Waals surface area contributed by atoms with Crippen LogP contribution in [0.15, 0.2) is 18.2 Å². The van der Waals surface area contributed by atoms with Crippen molar-refractivity contribution in [2.45, 2.75) is 33.2 Å². The third-order valence-corrected chi connectivity index (χ3v) is 3.84. The molecular formula is C15H20N2O3. The fraction of sp³-hybridized carbons (Fsp3) is 0.467. The highest BCUT2D eigenvalue weighted by molar-refractivity contribution is 5.93. The molecule has 0 aromatic heterocycles. The van der Waals surface area contributed by atoms with E-state index >= 15 is 0 Å². The van der Waals surface area contributed by atoms with Crippen LogP contribution in [0.4, 0.5) is 10.5 Å². The number of nitrogens with zero attached hydrogens (tertiary/aromatic N) is 1. The minimum atomic E-state index is -0.939. The van der Waals surface area contributed by atoms with E-state index in [-0.39, 0.29) is 11.9 Å². The number of hydrogen-bond acceptors (Lipinski definition) is 2. The van der Waals surface area contributed by atoms with Gasteiger partial charge in [-0.15, -0.1) is 0 Å². The molecule has 1 aliphatic rings. The molecule has 0 spiro atoms. The lowest BCUT2D eigenvalue weighted by molar-refractivity contribution is -0.142. The van der Waals surface area contributed by atoms with Gasteiger partial charge in [0.05, 0.1) is 0 Å². The topological polar surface area (TPSA) is 69.6 Å². The number of benzene rings is 1. The SMILES string of the molecule is Cc1ccc(NC(=O)N2CCC(C)C2C(=O)O)c(C)c1. The number of amides is 2. The maximum Gasteiger partial charge on any atom is 0.326 e. The molecule has 1 saturated heterocycles. The van der Waals surface area contributed by atoms with E-state index in [4.69, 9.17) is 0 Å². The standard InChI is InChI=1S/C15H20N2O3/c1-9-4-5-12(11(3)8-9)16-15(20)17-7-6-10(2)13(17)14(18)19/h4-5,8,10,13H,6-7H2,1-3H3,(H,16,20)(H,18,19). The van der Waals surface area contributed by atoms with Crippen molar-refractivity contribution in [3.05, 3.63) is 29.3 Å². The molecule has 1 aromatic carbocycles. The van der Waals surface area contributed by atoms with Crippen LogP contribution < -0.4 is 5.32 Å². The summed E-state index contributed by atoms with van der Waals surface area (Å²) in [6.07, 6.45) is 0.720. The van der Waals surface area contributed by atoms with Crippen LogP contribution in [-0.4, -0.2) is 34.6 Å². The van der Waals surface area contributed by atoms with Gasteiger partial charge in [0.25, 0.3) is 0 Å². The summed E-state index contributed by atoms with van der Waals surface area (Å²) in [5.41, 5.74) is 2.82. The number of nitrogens with one attached hydrogen (secondary N) is 1. The fourth-order valence-electron chi connectivity index (χ4n) is 2.69. The molecule has 1 aromatic rings. The average Bonchev–Trinajstić information content (AvgIpc) is 2.74. The molecule has 2 N–H and O–H groups in total. The third kappa shape index (κ3) is 2.76. The zero-order valence-electron chi connectivity index (χ0n) is 12.0. The minimum Gasteiger partial charge on any atom is -0.480 e. The van der Waals surface area contributed by atoms with Gasteiger partial charge in [-0.05, 0) is 37.8 Å². The maximum atomic E-state index is 12.3. The first-order chi connectivity index (χ1) is 9.40. The molecule has 20 heavy (non-hydrogen) atoms. The van der Waals surface area contributed by atoms with Crippen LogP contribution in [0.25, 0.3) is 0 Å². The highest BCUT2D eigenvalue weighted by Gasteiger charge is 2.39. The van der Waals surface area contributed by atoms with Gasteiger partial charge in [-0.1, -0.05) is 24.6 Å². The molecule has 0 radical (unpaired) electrons. The van der Waals surface area contributed by atoms with Crippen LogP contribution in [-0.2, 0) is 4.79 Å². The Labute approximate surface area is 118 Å². The number of carboxylic acids is 1. The summed E-state index contributed by atoms with van der Waals surface area (Å²) in [5, 5.41) is 12.0. The van der Waals surface area contributed by atoms with Crippen molar-refractivity contribution < 1.29 is 14.7 Å². The molecule has 0 aliphatic carbocycles. The lowest BCUT2D eigenvalue weighted by Crippen LogP contribution is -2.44. The van der Waals surface area contributed by atoms with Crippen molar-refractivity contribution >= 4 is 17.7 Å². The lowest BCUT2D eigenvalue weighted by atomic mass is 10.0. The van der Waals surface area contributed by atoms with Gasteiger partial charge in [-0.2, -0.15) is 0 Å². The number of rotatable bonds is 2. The summed E-state index contributed by atoms with van der Waals surface area (Å²) < 4.78 is 0. The van der Waals surface area contributed by atoms with E-state index in [0.29, 0.717) is 6.54 Å². The van der Waals surface area contributed by atoms with Crippen LogP contribution in [0, 0.1) is 19.8 Å². The molecule has 1 heterocycles. The van der Waals surface area contributed by atoms with E-state index in [9.17, 15) is 14.7 Å². The number of carbonyl (C=O) groups is 2. The van der Waals surface area contributed by atoms with E-state index in [1.54, 1.807) is 0 Å².